The summed E-state index contributed by atoms with van der Waals surface area (Å²) in [6.07, 6.45) is 2.30. The molecule has 2 rings (SSSR count). The Morgan fingerprint density at radius 3 is 2.50 bits per heavy atom. The van der Waals surface area contributed by atoms with Crippen molar-refractivity contribution in [2.45, 2.75) is 18.9 Å². The highest BCUT2D eigenvalue weighted by Gasteiger charge is 2.29. The minimum absolute atomic E-state index is 0. The molecule has 14 heavy (non-hydrogen) atoms. The van der Waals surface area contributed by atoms with Crippen LogP contribution in [0.1, 0.15) is 24.4 Å². The molecule has 0 spiro atoms. The molecule has 4 heteroatoms. The van der Waals surface area contributed by atoms with Crippen LogP contribution < -0.4 is 5.73 Å². The molecular formula is C10H12Cl2FN. The second-order valence-corrected chi connectivity index (χ2v) is 4.00. The first-order valence-electron chi connectivity index (χ1n) is 4.38. The van der Waals surface area contributed by atoms with E-state index in [9.17, 15) is 4.39 Å². The second-order valence-electron chi connectivity index (χ2n) is 3.57. The normalized spacial score (nSPS) is 17.4. The summed E-state index contributed by atoms with van der Waals surface area (Å²) in [5.74, 6) is 0.219. The third kappa shape index (κ3) is 2.59. The van der Waals surface area contributed by atoms with Crippen LogP contribution in [0.25, 0.3) is 0 Å². The fourth-order valence-corrected chi connectivity index (χ4v) is 1.73. The quantitative estimate of drug-likeness (QED) is 0.837. The van der Waals surface area contributed by atoms with Gasteiger partial charge in [0, 0.05) is 11.1 Å². The molecule has 0 radical (unpaired) electrons. The van der Waals surface area contributed by atoms with Gasteiger partial charge < -0.3 is 5.73 Å². The van der Waals surface area contributed by atoms with Gasteiger partial charge in [-0.2, -0.15) is 0 Å². The topological polar surface area (TPSA) is 26.0 Å². The molecule has 0 unspecified atom stereocenters. The summed E-state index contributed by atoms with van der Waals surface area (Å²) < 4.78 is 12.9. The Balaban J connectivity index is 0.000000980. The number of rotatable bonds is 2. The van der Waals surface area contributed by atoms with Crippen molar-refractivity contribution in [2.75, 3.05) is 0 Å². The molecule has 0 aromatic heterocycles. The third-order valence-corrected chi connectivity index (χ3v) is 2.62. The predicted octanol–water partition coefficient (Wildman–Crippen LogP) is 3.31. The summed E-state index contributed by atoms with van der Waals surface area (Å²) >= 11 is 5.72. The van der Waals surface area contributed by atoms with Crippen LogP contribution >= 0.6 is 24.0 Å². The zero-order chi connectivity index (χ0) is 9.42. The van der Waals surface area contributed by atoms with Crippen molar-refractivity contribution in [1.82, 2.24) is 0 Å². The molecule has 1 aromatic rings. The Bertz CT molecular complexity index is 306. The Morgan fingerprint density at radius 2 is 2.00 bits per heavy atom. The van der Waals surface area contributed by atoms with Gasteiger partial charge >= 0.3 is 0 Å². The molecule has 1 aliphatic carbocycles. The summed E-state index contributed by atoms with van der Waals surface area (Å²) in [4.78, 5) is 0. The van der Waals surface area contributed by atoms with Crippen LogP contribution in [0.4, 0.5) is 4.39 Å². The van der Waals surface area contributed by atoms with E-state index >= 15 is 0 Å². The number of halogens is 3. The number of nitrogens with two attached hydrogens (primary N) is 1. The summed E-state index contributed by atoms with van der Waals surface area (Å²) in [6.45, 7) is 0. The molecule has 0 saturated heterocycles. The van der Waals surface area contributed by atoms with E-state index in [4.69, 9.17) is 17.3 Å². The van der Waals surface area contributed by atoms with Gasteiger partial charge in [0.05, 0.1) is 0 Å². The van der Waals surface area contributed by atoms with Crippen molar-refractivity contribution in [3.05, 3.63) is 34.6 Å². The molecular weight excluding hydrogens is 224 g/mol. The van der Waals surface area contributed by atoms with Crippen LogP contribution in [0.3, 0.4) is 0 Å². The van der Waals surface area contributed by atoms with E-state index in [0.717, 1.165) is 18.4 Å². The molecule has 0 amide bonds. The lowest BCUT2D eigenvalue weighted by Crippen LogP contribution is -2.12. The van der Waals surface area contributed by atoms with Crippen molar-refractivity contribution in [3.8, 4) is 0 Å². The maximum absolute atomic E-state index is 12.9. The first kappa shape index (κ1) is 11.8. The lowest BCUT2D eigenvalue weighted by atomic mass is 10.0. The van der Waals surface area contributed by atoms with E-state index < -0.39 is 0 Å². The van der Waals surface area contributed by atoms with Gasteiger partial charge in [0.25, 0.3) is 0 Å². The largest absolute Gasteiger partial charge is 0.324 e. The van der Waals surface area contributed by atoms with Gasteiger partial charge in [0.15, 0.2) is 0 Å². The monoisotopic (exact) mass is 235 g/mol. The molecule has 1 aliphatic rings. The van der Waals surface area contributed by atoms with Crippen LogP contribution in [-0.4, -0.2) is 0 Å². The van der Waals surface area contributed by atoms with Gasteiger partial charge in [0.2, 0.25) is 0 Å². The first-order chi connectivity index (χ1) is 6.16. The molecule has 1 saturated carbocycles. The van der Waals surface area contributed by atoms with Crippen LogP contribution in [0.5, 0.6) is 0 Å². The lowest BCUT2D eigenvalue weighted by Gasteiger charge is -2.10. The van der Waals surface area contributed by atoms with Gasteiger partial charge in [-0.3, -0.25) is 0 Å². The summed E-state index contributed by atoms with van der Waals surface area (Å²) in [7, 11) is 0. The SMILES string of the molecule is Cl.N[C@@H](c1cc(F)cc(Cl)c1)C1CC1. The highest BCUT2D eigenvalue weighted by Crippen LogP contribution is 2.39. The smallest absolute Gasteiger partial charge is 0.125 e. The Kier molecular flexibility index (Phi) is 3.76. The summed E-state index contributed by atoms with van der Waals surface area (Å²) in [6, 6.07) is 4.46. The van der Waals surface area contributed by atoms with Crippen molar-refractivity contribution >= 4 is 24.0 Å². The molecule has 0 aliphatic heterocycles. The number of hydrogen-bond donors (Lipinski definition) is 1. The highest BCUT2D eigenvalue weighted by atomic mass is 35.5. The zero-order valence-electron chi connectivity index (χ0n) is 7.54. The summed E-state index contributed by atoms with van der Waals surface area (Å²) in [5.41, 5.74) is 6.73. The van der Waals surface area contributed by atoms with Crippen LogP contribution in [0.15, 0.2) is 18.2 Å². The van der Waals surface area contributed by atoms with E-state index in [2.05, 4.69) is 0 Å². The molecule has 0 bridgehead atoms. The zero-order valence-corrected chi connectivity index (χ0v) is 9.11. The fourth-order valence-electron chi connectivity index (χ4n) is 1.50. The molecule has 78 valence electrons. The van der Waals surface area contributed by atoms with Gasteiger partial charge in [-0.05, 0) is 42.5 Å². The lowest BCUT2D eigenvalue weighted by molar-refractivity contribution is 0.602. The van der Waals surface area contributed by atoms with Crippen molar-refractivity contribution in [3.63, 3.8) is 0 Å². The van der Waals surface area contributed by atoms with Gasteiger partial charge in [0.1, 0.15) is 5.82 Å². The van der Waals surface area contributed by atoms with Gasteiger partial charge in [-0.1, -0.05) is 11.6 Å². The average Bonchev–Trinajstić information content (AvgIpc) is 2.83. The average molecular weight is 236 g/mol. The maximum Gasteiger partial charge on any atom is 0.125 e. The Hall–Kier alpha value is -0.310. The molecule has 0 heterocycles. The minimum Gasteiger partial charge on any atom is -0.324 e. The van der Waals surface area contributed by atoms with E-state index in [0.29, 0.717) is 10.9 Å². The van der Waals surface area contributed by atoms with Crippen LogP contribution in [-0.2, 0) is 0 Å². The van der Waals surface area contributed by atoms with Gasteiger partial charge in [-0.25, -0.2) is 4.39 Å². The Labute approximate surface area is 93.8 Å². The third-order valence-electron chi connectivity index (χ3n) is 2.40. The highest BCUT2D eigenvalue weighted by molar-refractivity contribution is 6.30. The molecule has 1 fully saturated rings. The van der Waals surface area contributed by atoms with E-state index in [-0.39, 0.29) is 24.3 Å². The molecule has 1 aromatic carbocycles. The van der Waals surface area contributed by atoms with Gasteiger partial charge in [-0.15, -0.1) is 12.4 Å². The van der Waals surface area contributed by atoms with Crippen molar-refractivity contribution in [2.24, 2.45) is 11.7 Å². The van der Waals surface area contributed by atoms with E-state index in [1.54, 1.807) is 6.07 Å². The van der Waals surface area contributed by atoms with Crippen LogP contribution in [0, 0.1) is 11.7 Å². The van der Waals surface area contributed by atoms with E-state index in [1.165, 1.54) is 12.1 Å². The molecule has 1 nitrogen and oxygen atoms in total. The minimum atomic E-state index is -0.307. The number of benzene rings is 1. The molecule has 1 atom stereocenters. The maximum atomic E-state index is 12.9. The van der Waals surface area contributed by atoms with E-state index in [1.807, 2.05) is 0 Å². The second kappa shape index (κ2) is 4.47. The predicted molar refractivity (Wildman–Crippen MR) is 58.3 cm³/mol. The fraction of sp³-hybridized carbons (Fsp3) is 0.400. The van der Waals surface area contributed by atoms with Crippen molar-refractivity contribution in [1.29, 1.82) is 0 Å². The standard InChI is InChI=1S/C10H11ClFN.ClH/c11-8-3-7(4-9(12)5-8)10(13)6-1-2-6;/h3-6,10H,1-2,13H2;1H/t10-;/m1./s1. The van der Waals surface area contributed by atoms with Crippen molar-refractivity contribution < 1.29 is 4.39 Å². The summed E-state index contributed by atoms with van der Waals surface area (Å²) in [5, 5.41) is 0.422. The molecule has 2 N–H and O–H groups in total. The first-order valence-corrected chi connectivity index (χ1v) is 4.76. The van der Waals surface area contributed by atoms with Crippen LogP contribution in [0.2, 0.25) is 5.02 Å². The Morgan fingerprint density at radius 1 is 1.36 bits per heavy atom. The number of hydrogen-bond acceptors (Lipinski definition) is 1.